The second kappa shape index (κ2) is 8.25. The van der Waals surface area contributed by atoms with Crippen LogP contribution in [-0.4, -0.2) is 67.6 Å². The smallest absolute Gasteiger partial charge is 0.154 e. The number of aliphatic hydroxyl groups is 2. The molecule has 0 rings (SSSR count). The van der Waals surface area contributed by atoms with Crippen molar-refractivity contribution in [1.82, 2.24) is 9.99 Å². The third-order valence-electron chi connectivity index (χ3n) is 2.43. The summed E-state index contributed by atoms with van der Waals surface area (Å²) in [4.78, 5) is 0. The van der Waals surface area contributed by atoms with Crippen LogP contribution in [0, 0.1) is 0 Å². The normalized spacial score (nSPS) is 12.3. The summed E-state index contributed by atoms with van der Waals surface area (Å²) >= 11 is 0. The molecule has 0 amide bonds. The Hall–Kier alpha value is 0.0700. The third-order valence-corrected chi connectivity index (χ3v) is 5.67. The van der Waals surface area contributed by atoms with Gasteiger partial charge in [0.05, 0.1) is 13.2 Å². The quantitative estimate of drug-likeness (QED) is 0.383. The first-order valence-corrected chi connectivity index (χ1v) is 7.29. The molecule has 3 N–H and O–H groups in total. The molecule has 6 heteroatoms. The molecule has 0 unspecified atom stereocenters. The van der Waals surface area contributed by atoms with Crippen molar-refractivity contribution in [3.05, 3.63) is 0 Å². The third kappa shape index (κ3) is 5.64. The van der Waals surface area contributed by atoms with Gasteiger partial charge in [-0.15, -0.1) is 0 Å². The van der Waals surface area contributed by atoms with Crippen molar-refractivity contribution in [2.45, 2.75) is 6.42 Å². The van der Waals surface area contributed by atoms with Crippen LogP contribution < -0.4 is 5.32 Å². The van der Waals surface area contributed by atoms with Crippen molar-refractivity contribution in [3.8, 4) is 0 Å². The number of aliphatic hydroxyl groups excluding tert-OH is 2. The largest absolute Gasteiger partial charge is 0.396 e. The van der Waals surface area contributed by atoms with E-state index in [0.29, 0.717) is 0 Å². The average molecular weight is 238 g/mol. The molecule has 92 valence electrons. The summed E-state index contributed by atoms with van der Waals surface area (Å²) in [6, 6.07) is 0. The molecule has 0 radical (unpaired) electrons. The number of hydrogen-bond acceptors (Lipinski definition) is 4. The summed E-state index contributed by atoms with van der Waals surface area (Å²) in [7, 11) is 1.12. The lowest BCUT2D eigenvalue weighted by molar-refractivity contribution is 0.304. The standard InChI is InChI=1S/C9H23N2O3P/c1-10-4-3-5-11(2)15(14,8-6-12)9-7-13/h10,12-13H,3-9H2,1-2H3. The van der Waals surface area contributed by atoms with Crippen molar-refractivity contribution in [3.63, 3.8) is 0 Å². The van der Waals surface area contributed by atoms with E-state index in [1.807, 2.05) is 7.05 Å². The van der Waals surface area contributed by atoms with Crippen molar-refractivity contribution in [2.75, 3.05) is 52.7 Å². The molecule has 0 aliphatic rings. The number of hydrogen-bond donors (Lipinski definition) is 3. The summed E-state index contributed by atoms with van der Waals surface area (Å²) in [5, 5.41) is 20.7. The zero-order valence-corrected chi connectivity index (χ0v) is 10.5. The van der Waals surface area contributed by atoms with E-state index >= 15 is 0 Å². The van der Waals surface area contributed by atoms with Crippen LogP contribution in [-0.2, 0) is 4.57 Å². The fourth-order valence-electron chi connectivity index (χ4n) is 1.43. The fraction of sp³-hybridized carbons (Fsp3) is 1.00. The fourth-order valence-corrected chi connectivity index (χ4v) is 3.47. The highest BCUT2D eigenvalue weighted by atomic mass is 31.2. The molecule has 0 aliphatic carbocycles. The lowest BCUT2D eigenvalue weighted by atomic mass is 10.4. The maximum absolute atomic E-state index is 12.3. The summed E-state index contributed by atoms with van der Waals surface area (Å²) in [6.45, 7) is 1.42. The Balaban J connectivity index is 4.15. The predicted molar refractivity (Wildman–Crippen MR) is 62.7 cm³/mol. The van der Waals surface area contributed by atoms with Crippen molar-refractivity contribution in [2.24, 2.45) is 0 Å². The van der Waals surface area contributed by atoms with Crippen LogP contribution in [0.4, 0.5) is 0 Å². The van der Waals surface area contributed by atoms with Crippen LogP contribution in [0.1, 0.15) is 6.42 Å². The number of rotatable bonds is 9. The first-order valence-electron chi connectivity index (χ1n) is 5.26. The Morgan fingerprint density at radius 3 is 2.20 bits per heavy atom. The molecule has 0 bridgehead atoms. The van der Waals surface area contributed by atoms with E-state index < -0.39 is 7.29 Å². The van der Waals surface area contributed by atoms with Crippen LogP contribution in [0.15, 0.2) is 0 Å². The van der Waals surface area contributed by atoms with Crippen LogP contribution in [0.25, 0.3) is 0 Å². The van der Waals surface area contributed by atoms with Crippen LogP contribution in [0.3, 0.4) is 0 Å². The summed E-state index contributed by atoms with van der Waals surface area (Å²) in [5.41, 5.74) is 0. The van der Waals surface area contributed by atoms with Crippen molar-refractivity contribution in [1.29, 1.82) is 0 Å². The van der Waals surface area contributed by atoms with E-state index in [4.69, 9.17) is 10.2 Å². The Bertz CT molecular complexity index is 192. The van der Waals surface area contributed by atoms with Gasteiger partial charge in [0.15, 0.2) is 7.29 Å². The second-order valence-corrected chi connectivity index (χ2v) is 6.85. The van der Waals surface area contributed by atoms with Gasteiger partial charge in [0.25, 0.3) is 0 Å². The zero-order chi connectivity index (χ0) is 11.7. The van der Waals surface area contributed by atoms with Crippen LogP contribution in [0.5, 0.6) is 0 Å². The minimum atomic E-state index is -2.55. The minimum absolute atomic E-state index is 0.0896. The summed E-state index contributed by atoms with van der Waals surface area (Å²) in [6.07, 6.45) is 1.45. The van der Waals surface area contributed by atoms with Crippen LogP contribution >= 0.6 is 7.29 Å². The maximum atomic E-state index is 12.3. The van der Waals surface area contributed by atoms with E-state index in [0.717, 1.165) is 19.5 Å². The van der Waals surface area contributed by atoms with Gasteiger partial charge < -0.3 is 20.1 Å². The highest BCUT2D eigenvalue weighted by molar-refractivity contribution is 7.61. The highest BCUT2D eigenvalue weighted by Crippen LogP contribution is 2.47. The molecule has 15 heavy (non-hydrogen) atoms. The summed E-state index contributed by atoms with van der Waals surface area (Å²) < 4.78 is 14.1. The van der Waals surface area contributed by atoms with E-state index in [9.17, 15) is 4.57 Å². The molecule has 0 heterocycles. The van der Waals surface area contributed by atoms with Gasteiger partial charge in [-0.05, 0) is 27.1 Å². The lowest BCUT2D eigenvalue weighted by Crippen LogP contribution is -2.24. The van der Waals surface area contributed by atoms with Gasteiger partial charge in [0, 0.05) is 18.9 Å². The molecule has 0 fully saturated rings. The van der Waals surface area contributed by atoms with Gasteiger partial charge in [0.2, 0.25) is 0 Å². The van der Waals surface area contributed by atoms with Gasteiger partial charge >= 0.3 is 0 Å². The van der Waals surface area contributed by atoms with Crippen molar-refractivity contribution < 1.29 is 14.8 Å². The molecule has 0 aromatic carbocycles. The first kappa shape index (κ1) is 15.1. The molecule has 0 aromatic rings. The molecular weight excluding hydrogens is 215 g/mol. The topological polar surface area (TPSA) is 72.8 Å². The molecule has 5 nitrogen and oxygen atoms in total. The maximum Gasteiger partial charge on any atom is 0.154 e. The first-order chi connectivity index (χ1) is 7.10. The highest BCUT2D eigenvalue weighted by Gasteiger charge is 2.25. The average Bonchev–Trinajstić information content (AvgIpc) is 2.18. The minimum Gasteiger partial charge on any atom is -0.396 e. The molecule has 0 saturated carbocycles. The summed E-state index contributed by atoms with van der Waals surface area (Å²) in [5.74, 6) is 0. The van der Waals surface area contributed by atoms with E-state index in [1.165, 1.54) is 0 Å². The number of nitrogens with one attached hydrogen (secondary N) is 1. The molecule has 0 saturated heterocycles. The SMILES string of the molecule is CNCCCN(C)P(=O)(CCO)CCO. The van der Waals surface area contributed by atoms with E-state index in [-0.39, 0.29) is 25.5 Å². The van der Waals surface area contributed by atoms with E-state index in [2.05, 4.69) is 5.32 Å². The Kier molecular flexibility index (Phi) is 8.29. The van der Waals surface area contributed by atoms with Gasteiger partial charge in [-0.3, -0.25) is 4.67 Å². The lowest BCUT2D eigenvalue weighted by Gasteiger charge is -2.27. The Labute approximate surface area is 91.9 Å². The molecular formula is C9H23N2O3P. The number of nitrogens with zero attached hydrogens (tertiary/aromatic N) is 1. The van der Waals surface area contributed by atoms with Crippen LogP contribution in [0.2, 0.25) is 0 Å². The van der Waals surface area contributed by atoms with Crippen molar-refractivity contribution >= 4 is 7.29 Å². The van der Waals surface area contributed by atoms with Gasteiger partial charge in [-0.25, -0.2) is 0 Å². The molecule has 0 spiro atoms. The van der Waals surface area contributed by atoms with Gasteiger partial charge in [-0.2, -0.15) is 0 Å². The van der Waals surface area contributed by atoms with Gasteiger partial charge in [0.1, 0.15) is 0 Å². The van der Waals surface area contributed by atoms with Gasteiger partial charge in [-0.1, -0.05) is 0 Å². The Morgan fingerprint density at radius 1 is 1.27 bits per heavy atom. The molecule has 0 aliphatic heterocycles. The van der Waals surface area contributed by atoms with E-state index in [1.54, 1.807) is 11.7 Å². The molecule has 0 atom stereocenters. The second-order valence-electron chi connectivity index (χ2n) is 3.58. The predicted octanol–water partition coefficient (Wildman–Crippen LogP) is -0.210. The monoisotopic (exact) mass is 238 g/mol. The zero-order valence-electron chi connectivity index (χ0n) is 9.65. The Morgan fingerprint density at radius 2 is 1.80 bits per heavy atom. The molecule has 0 aromatic heterocycles.